The standard InChI is InChI=1S/C21H23NO4/c1-14(20(23)22-19-9-5-8-18(19)21(24)25)26-17-12-10-16(11-13-17)15-6-3-2-4-7-15/h2-4,6-7,10-14,18-19H,5,8-9H2,1H3,(H,22,23)(H,24,25)/t14?,18-,19+/m0/s1. The third kappa shape index (κ3) is 4.23. The molecule has 1 saturated carbocycles. The zero-order chi connectivity index (χ0) is 18.5. The summed E-state index contributed by atoms with van der Waals surface area (Å²) in [6.07, 6.45) is 1.43. The van der Waals surface area contributed by atoms with Gasteiger partial charge in [-0.05, 0) is 43.0 Å². The van der Waals surface area contributed by atoms with E-state index in [1.807, 2.05) is 54.6 Å². The van der Waals surface area contributed by atoms with Crippen molar-refractivity contribution in [2.75, 3.05) is 0 Å². The first kappa shape index (κ1) is 18.0. The second-order valence-electron chi connectivity index (χ2n) is 6.64. The average Bonchev–Trinajstić information content (AvgIpc) is 3.11. The van der Waals surface area contributed by atoms with Crippen LogP contribution in [0.25, 0.3) is 11.1 Å². The van der Waals surface area contributed by atoms with Crippen LogP contribution < -0.4 is 10.1 Å². The highest BCUT2D eigenvalue weighted by Gasteiger charge is 2.34. The van der Waals surface area contributed by atoms with E-state index in [4.69, 9.17) is 4.74 Å². The molecular formula is C21H23NO4. The lowest BCUT2D eigenvalue weighted by Crippen LogP contribution is -2.45. The minimum absolute atomic E-state index is 0.282. The molecule has 3 atom stereocenters. The van der Waals surface area contributed by atoms with Crippen LogP contribution in [0.4, 0.5) is 0 Å². The Morgan fingerprint density at radius 3 is 2.35 bits per heavy atom. The van der Waals surface area contributed by atoms with Gasteiger partial charge in [0.05, 0.1) is 5.92 Å². The maximum atomic E-state index is 12.3. The first-order chi connectivity index (χ1) is 12.5. The van der Waals surface area contributed by atoms with Crippen LogP contribution in [0.3, 0.4) is 0 Å². The number of ether oxygens (including phenoxy) is 1. The molecule has 26 heavy (non-hydrogen) atoms. The van der Waals surface area contributed by atoms with E-state index in [9.17, 15) is 14.7 Å². The van der Waals surface area contributed by atoms with E-state index < -0.39 is 18.0 Å². The van der Waals surface area contributed by atoms with E-state index >= 15 is 0 Å². The first-order valence-corrected chi connectivity index (χ1v) is 8.90. The van der Waals surface area contributed by atoms with E-state index in [-0.39, 0.29) is 11.9 Å². The molecule has 0 bridgehead atoms. The van der Waals surface area contributed by atoms with Gasteiger partial charge in [-0.15, -0.1) is 0 Å². The molecule has 5 heteroatoms. The molecule has 1 aliphatic carbocycles. The highest BCUT2D eigenvalue weighted by Crippen LogP contribution is 2.26. The number of amides is 1. The molecule has 0 radical (unpaired) electrons. The molecule has 5 nitrogen and oxygen atoms in total. The van der Waals surface area contributed by atoms with Gasteiger partial charge >= 0.3 is 5.97 Å². The number of rotatable bonds is 6. The molecule has 2 N–H and O–H groups in total. The lowest BCUT2D eigenvalue weighted by Gasteiger charge is -2.21. The van der Waals surface area contributed by atoms with Crippen LogP contribution in [0.2, 0.25) is 0 Å². The Kier molecular flexibility index (Phi) is 5.56. The summed E-state index contributed by atoms with van der Waals surface area (Å²) in [5.74, 6) is -1.03. The first-order valence-electron chi connectivity index (χ1n) is 8.90. The summed E-state index contributed by atoms with van der Waals surface area (Å²) in [4.78, 5) is 23.6. The Morgan fingerprint density at radius 1 is 1.04 bits per heavy atom. The van der Waals surface area contributed by atoms with Crippen molar-refractivity contribution in [1.29, 1.82) is 0 Å². The number of aliphatic carboxylic acids is 1. The predicted octanol–water partition coefficient (Wildman–Crippen LogP) is 3.49. The van der Waals surface area contributed by atoms with Gasteiger partial charge in [-0.2, -0.15) is 0 Å². The second kappa shape index (κ2) is 8.04. The fraction of sp³-hybridized carbons (Fsp3) is 0.333. The summed E-state index contributed by atoms with van der Waals surface area (Å²) in [7, 11) is 0. The van der Waals surface area contributed by atoms with E-state index in [1.165, 1.54) is 0 Å². The molecule has 0 saturated heterocycles. The highest BCUT2D eigenvalue weighted by molar-refractivity contribution is 5.82. The highest BCUT2D eigenvalue weighted by atomic mass is 16.5. The largest absolute Gasteiger partial charge is 0.481 e. The molecule has 2 aromatic rings. The Morgan fingerprint density at radius 2 is 1.69 bits per heavy atom. The molecule has 0 aromatic heterocycles. The van der Waals surface area contributed by atoms with Crippen molar-refractivity contribution in [1.82, 2.24) is 5.32 Å². The van der Waals surface area contributed by atoms with Crippen LogP contribution in [-0.4, -0.2) is 29.1 Å². The number of carboxylic acids is 1. The van der Waals surface area contributed by atoms with Gasteiger partial charge in [-0.3, -0.25) is 9.59 Å². The molecule has 1 aliphatic rings. The molecule has 0 spiro atoms. The number of benzene rings is 2. The lowest BCUT2D eigenvalue weighted by molar-refractivity contribution is -0.142. The van der Waals surface area contributed by atoms with E-state index in [0.29, 0.717) is 18.6 Å². The summed E-state index contributed by atoms with van der Waals surface area (Å²) < 4.78 is 5.71. The molecule has 1 amide bonds. The molecule has 2 aromatic carbocycles. The Hall–Kier alpha value is -2.82. The summed E-state index contributed by atoms with van der Waals surface area (Å²) >= 11 is 0. The fourth-order valence-electron chi connectivity index (χ4n) is 3.34. The van der Waals surface area contributed by atoms with Gasteiger partial charge in [0.15, 0.2) is 6.10 Å². The van der Waals surface area contributed by atoms with Gasteiger partial charge in [0.1, 0.15) is 5.75 Å². The smallest absolute Gasteiger partial charge is 0.308 e. The normalized spacial score (nSPS) is 20.3. The Bertz CT molecular complexity index is 757. The number of hydrogen-bond donors (Lipinski definition) is 2. The third-order valence-electron chi connectivity index (χ3n) is 4.80. The number of nitrogens with one attached hydrogen (secondary N) is 1. The molecule has 1 unspecified atom stereocenters. The van der Waals surface area contributed by atoms with Crippen LogP contribution in [0.5, 0.6) is 5.75 Å². The van der Waals surface area contributed by atoms with Crippen molar-refractivity contribution < 1.29 is 19.4 Å². The Balaban J connectivity index is 1.58. The van der Waals surface area contributed by atoms with E-state index in [1.54, 1.807) is 6.92 Å². The number of hydrogen-bond acceptors (Lipinski definition) is 3. The zero-order valence-corrected chi connectivity index (χ0v) is 14.7. The minimum Gasteiger partial charge on any atom is -0.481 e. The van der Waals surface area contributed by atoms with Crippen molar-refractivity contribution in [2.24, 2.45) is 5.92 Å². The van der Waals surface area contributed by atoms with E-state index in [2.05, 4.69) is 5.32 Å². The molecule has 0 aliphatic heterocycles. The van der Waals surface area contributed by atoms with Crippen LogP contribution in [0.1, 0.15) is 26.2 Å². The van der Waals surface area contributed by atoms with E-state index in [0.717, 1.165) is 17.5 Å². The van der Waals surface area contributed by atoms with Gasteiger partial charge in [0.25, 0.3) is 5.91 Å². The summed E-state index contributed by atoms with van der Waals surface area (Å²) in [6, 6.07) is 17.3. The van der Waals surface area contributed by atoms with Gasteiger partial charge < -0.3 is 15.2 Å². The van der Waals surface area contributed by atoms with Crippen LogP contribution in [-0.2, 0) is 9.59 Å². The van der Waals surface area contributed by atoms with Crippen molar-refractivity contribution in [3.63, 3.8) is 0 Å². The predicted molar refractivity (Wildman–Crippen MR) is 98.9 cm³/mol. The monoisotopic (exact) mass is 353 g/mol. The van der Waals surface area contributed by atoms with Crippen molar-refractivity contribution in [2.45, 2.75) is 38.3 Å². The zero-order valence-electron chi connectivity index (χ0n) is 14.7. The van der Waals surface area contributed by atoms with Gasteiger partial charge in [-0.1, -0.05) is 48.9 Å². The quantitative estimate of drug-likeness (QED) is 0.833. The van der Waals surface area contributed by atoms with Crippen LogP contribution in [0, 0.1) is 5.92 Å². The number of carbonyl (C=O) groups is 2. The minimum atomic E-state index is -0.849. The molecule has 1 fully saturated rings. The topological polar surface area (TPSA) is 75.6 Å². The fourth-order valence-corrected chi connectivity index (χ4v) is 3.34. The van der Waals surface area contributed by atoms with Gasteiger partial charge in [0.2, 0.25) is 0 Å². The maximum absolute atomic E-state index is 12.3. The molecular weight excluding hydrogens is 330 g/mol. The SMILES string of the molecule is CC(Oc1ccc(-c2ccccc2)cc1)C(=O)N[C@@H]1CCC[C@@H]1C(=O)O. The average molecular weight is 353 g/mol. The molecule has 136 valence electrons. The van der Waals surface area contributed by atoms with Crippen molar-refractivity contribution >= 4 is 11.9 Å². The molecule has 3 rings (SSSR count). The number of carbonyl (C=O) groups excluding carboxylic acids is 1. The maximum Gasteiger partial charge on any atom is 0.308 e. The third-order valence-corrected chi connectivity index (χ3v) is 4.80. The Labute approximate surface area is 153 Å². The summed E-state index contributed by atoms with van der Waals surface area (Å²) in [6.45, 7) is 1.67. The van der Waals surface area contributed by atoms with Crippen molar-refractivity contribution in [3.05, 3.63) is 54.6 Å². The number of carboxylic acid groups (broad SMARTS) is 1. The van der Waals surface area contributed by atoms with Gasteiger partial charge in [0, 0.05) is 6.04 Å². The van der Waals surface area contributed by atoms with Crippen molar-refractivity contribution in [3.8, 4) is 16.9 Å². The summed E-state index contributed by atoms with van der Waals surface area (Å²) in [5.41, 5.74) is 2.19. The lowest BCUT2D eigenvalue weighted by atomic mass is 10.0. The van der Waals surface area contributed by atoms with Crippen LogP contribution >= 0.6 is 0 Å². The van der Waals surface area contributed by atoms with Crippen LogP contribution in [0.15, 0.2) is 54.6 Å². The summed E-state index contributed by atoms with van der Waals surface area (Å²) in [5, 5.41) is 12.0. The van der Waals surface area contributed by atoms with Gasteiger partial charge in [-0.25, -0.2) is 0 Å². The molecule has 0 heterocycles. The second-order valence-corrected chi connectivity index (χ2v) is 6.64.